The fourth-order valence-corrected chi connectivity index (χ4v) is 1.39. The molecule has 0 aromatic heterocycles. The molecule has 3 N–H and O–H groups in total. The van der Waals surface area contributed by atoms with Gasteiger partial charge in [0.15, 0.2) is 0 Å². The van der Waals surface area contributed by atoms with Crippen molar-refractivity contribution in [2.75, 3.05) is 12.3 Å². The maximum atomic E-state index is 5.37. The first kappa shape index (κ1) is 7.91. The van der Waals surface area contributed by atoms with Crippen LogP contribution in [0.25, 0.3) is 0 Å². The van der Waals surface area contributed by atoms with Crippen molar-refractivity contribution in [1.82, 2.24) is 5.48 Å². The van der Waals surface area contributed by atoms with Gasteiger partial charge in [-0.1, -0.05) is 6.92 Å². The third-order valence-corrected chi connectivity index (χ3v) is 2.00. The van der Waals surface area contributed by atoms with Gasteiger partial charge in [-0.2, -0.15) is 0 Å². The highest BCUT2D eigenvalue weighted by molar-refractivity contribution is 8.02. The predicted molar refractivity (Wildman–Crippen MR) is 43.3 cm³/mol. The van der Waals surface area contributed by atoms with E-state index in [-0.39, 0.29) is 6.10 Å². The second-order valence-electron chi connectivity index (χ2n) is 1.96. The first-order chi connectivity index (χ1) is 4.86. The molecule has 0 spiro atoms. The van der Waals surface area contributed by atoms with Crippen molar-refractivity contribution in [2.24, 2.45) is 5.73 Å². The lowest BCUT2D eigenvalue weighted by Gasteiger charge is -2.01. The van der Waals surface area contributed by atoms with Crippen LogP contribution in [0.4, 0.5) is 0 Å². The van der Waals surface area contributed by atoms with E-state index in [2.05, 4.69) is 12.4 Å². The zero-order valence-electron chi connectivity index (χ0n) is 5.96. The van der Waals surface area contributed by atoms with Crippen molar-refractivity contribution in [3.8, 4) is 0 Å². The molecule has 3 nitrogen and oxygen atoms in total. The molecule has 0 aromatic carbocycles. The molecule has 10 heavy (non-hydrogen) atoms. The van der Waals surface area contributed by atoms with Crippen LogP contribution in [0.2, 0.25) is 0 Å². The van der Waals surface area contributed by atoms with Crippen LogP contribution in [0, 0.1) is 0 Å². The van der Waals surface area contributed by atoms with Gasteiger partial charge in [0.05, 0.1) is 5.03 Å². The summed E-state index contributed by atoms with van der Waals surface area (Å²) in [6, 6.07) is 0. The zero-order valence-corrected chi connectivity index (χ0v) is 6.78. The number of hydrogen-bond acceptors (Lipinski definition) is 4. The number of thioether (sulfide) groups is 1. The van der Waals surface area contributed by atoms with Crippen LogP contribution in [0.5, 0.6) is 0 Å². The second-order valence-corrected chi connectivity index (χ2v) is 3.26. The molecule has 0 aromatic rings. The van der Waals surface area contributed by atoms with Gasteiger partial charge in [0.2, 0.25) is 0 Å². The van der Waals surface area contributed by atoms with Gasteiger partial charge in [0.25, 0.3) is 0 Å². The summed E-state index contributed by atoms with van der Waals surface area (Å²) < 4.78 is 0. The molecule has 0 fully saturated rings. The molecule has 0 radical (unpaired) electrons. The number of nitrogens with one attached hydrogen (secondary N) is 1. The summed E-state index contributed by atoms with van der Waals surface area (Å²) in [6.45, 7) is 2.64. The van der Waals surface area contributed by atoms with E-state index < -0.39 is 0 Å². The average molecular weight is 160 g/mol. The van der Waals surface area contributed by atoms with Gasteiger partial charge >= 0.3 is 0 Å². The zero-order chi connectivity index (χ0) is 7.40. The van der Waals surface area contributed by atoms with E-state index in [9.17, 15) is 0 Å². The Bertz CT molecular complexity index is 138. The minimum absolute atomic E-state index is 0.0639. The average Bonchev–Trinajstić information content (AvgIpc) is 2.37. The van der Waals surface area contributed by atoms with Crippen LogP contribution < -0.4 is 11.2 Å². The lowest BCUT2D eigenvalue weighted by molar-refractivity contribution is 0.0511. The number of nitrogens with two attached hydrogens (primary N) is 1. The molecular formula is C6H12N2OS. The van der Waals surface area contributed by atoms with E-state index in [1.54, 1.807) is 11.8 Å². The van der Waals surface area contributed by atoms with E-state index in [0.29, 0.717) is 6.54 Å². The summed E-state index contributed by atoms with van der Waals surface area (Å²) in [5, 5.41) is 1.08. The number of hydrogen-bond donors (Lipinski definition) is 2. The quantitative estimate of drug-likeness (QED) is 0.629. The molecule has 0 aliphatic carbocycles. The van der Waals surface area contributed by atoms with Crippen LogP contribution in [-0.4, -0.2) is 18.4 Å². The first-order valence-corrected chi connectivity index (χ1v) is 4.31. The summed E-state index contributed by atoms with van der Waals surface area (Å²) in [6.07, 6.45) is 2.07. The normalized spacial score (nSPS) is 24.2. The molecule has 1 aliphatic heterocycles. The van der Waals surface area contributed by atoms with Crippen LogP contribution in [0.3, 0.4) is 0 Å². The largest absolute Gasteiger partial charge is 0.328 e. The lowest BCUT2D eigenvalue weighted by Crippen LogP contribution is -2.20. The van der Waals surface area contributed by atoms with Crippen molar-refractivity contribution in [3.05, 3.63) is 11.1 Å². The first-order valence-electron chi connectivity index (χ1n) is 3.33. The predicted octanol–water partition coefficient (Wildman–Crippen LogP) is 0.443. The molecule has 1 heterocycles. The third-order valence-electron chi connectivity index (χ3n) is 1.18. The van der Waals surface area contributed by atoms with Gasteiger partial charge in [-0.15, -0.1) is 11.8 Å². The van der Waals surface area contributed by atoms with Gasteiger partial charge in [0, 0.05) is 6.54 Å². The molecule has 0 saturated carbocycles. The van der Waals surface area contributed by atoms with E-state index in [4.69, 9.17) is 10.6 Å². The van der Waals surface area contributed by atoms with Gasteiger partial charge in [-0.25, -0.2) is 0 Å². The highest BCUT2D eigenvalue weighted by Gasteiger charge is 2.13. The summed E-state index contributed by atoms with van der Waals surface area (Å²) in [4.78, 5) is 5.08. The fraction of sp³-hybridized carbons (Fsp3) is 0.667. The maximum absolute atomic E-state index is 5.37. The van der Waals surface area contributed by atoms with E-state index in [1.165, 1.54) is 0 Å². The molecule has 1 atom stereocenters. The van der Waals surface area contributed by atoms with E-state index in [1.807, 2.05) is 6.08 Å². The Morgan fingerprint density at radius 3 is 3.20 bits per heavy atom. The van der Waals surface area contributed by atoms with Crippen molar-refractivity contribution in [3.63, 3.8) is 0 Å². The van der Waals surface area contributed by atoms with E-state index >= 15 is 0 Å². The molecule has 58 valence electrons. The Morgan fingerprint density at radius 2 is 2.70 bits per heavy atom. The fourth-order valence-electron chi connectivity index (χ4n) is 0.720. The Hall–Kier alpha value is -0.190. The number of rotatable bonds is 3. The topological polar surface area (TPSA) is 47.3 Å². The molecule has 1 aliphatic rings. The van der Waals surface area contributed by atoms with Crippen LogP contribution in [-0.2, 0) is 4.84 Å². The summed E-state index contributed by atoms with van der Waals surface area (Å²) in [5.74, 6) is 1.06. The molecule has 0 bridgehead atoms. The molecule has 4 heteroatoms. The number of hydroxylamine groups is 1. The summed E-state index contributed by atoms with van der Waals surface area (Å²) >= 11 is 1.73. The molecule has 1 unspecified atom stereocenters. The summed E-state index contributed by atoms with van der Waals surface area (Å²) in [7, 11) is 0. The molecule has 1 rings (SSSR count). The Kier molecular flexibility index (Phi) is 3.05. The van der Waals surface area contributed by atoms with E-state index in [0.717, 1.165) is 10.8 Å². The summed E-state index contributed by atoms with van der Waals surface area (Å²) in [5.41, 5.74) is 8.18. The SMILES string of the molecule is CCSC1=CC(CN)ON1. The molecule has 0 amide bonds. The Labute approximate surface area is 64.9 Å². The maximum Gasteiger partial charge on any atom is 0.118 e. The smallest absolute Gasteiger partial charge is 0.118 e. The third kappa shape index (κ3) is 1.90. The van der Waals surface area contributed by atoms with Gasteiger partial charge in [0.1, 0.15) is 6.10 Å². The molecule has 0 saturated heterocycles. The minimum Gasteiger partial charge on any atom is -0.328 e. The highest BCUT2D eigenvalue weighted by atomic mass is 32.2. The van der Waals surface area contributed by atoms with Crippen LogP contribution >= 0.6 is 11.8 Å². The van der Waals surface area contributed by atoms with Crippen molar-refractivity contribution in [2.45, 2.75) is 13.0 Å². The lowest BCUT2D eigenvalue weighted by atomic mass is 10.4. The Morgan fingerprint density at radius 1 is 1.90 bits per heavy atom. The van der Waals surface area contributed by atoms with Crippen LogP contribution in [0.1, 0.15) is 6.92 Å². The van der Waals surface area contributed by atoms with Gasteiger partial charge in [-0.05, 0) is 11.8 Å². The van der Waals surface area contributed by atoms with Crippen molar-refractivity contribution >= 4 is 11.8 Å². The van der Waals surface area contributed by atoms with Gasteiger partial charge in [-0.3, -0.25) is 10.3 Å². The van der Waals surface area contributed by atoms with Crippen molar-refractivity contribution < 1.29 is 4.84 Å². The highest BCUT2D eigenvalue weighted by Crippen LogP contribution is 2.17. The van der Waals surface area contributed by atoms with Crippen LogP contribution in [0.15, 0.2) is 11.1 Å². The minimum atomic E-state index is 0.0639. The second kappa shape index (κ2) is 3.85. The standard InChI is InChI=1S/C6H12N2OS/c1-2-10-6-3-5(4-7)9-8-6/h3,5,8H,2,4,7H2,1H3. The Balaban J connectivity index is 2.33. The monoisotopic (exact) mass is 160 g/mol. The van der Waals surface area contributed by atoms with Crippen molar-refractivity contribution in [1.29, 1.82) is 0 Å². The van der Waals surface area contributed by atoms with Gasteiger partial charge < -0.3 is 5.73 Å². The molecular weight excluding hydrogens is 148 g/mol.